The van der Waals surface area contributed by atoms with Gasteiger partial charge in [-0.15, -0.1) is 0 Å². The molecule has 25 heavy (non-hydrogen) atoms. The molecule has 1 aromatic carbocycles. The predicted octanol–water partition coefficient (Wildman–Crippen LogP) is 0.805. The number of rotatable bonds is 3. The van der Waals surface area contributed by atoms with Crippen molar-refractivity contribution in [2.45, 2.75) is 19.4 Å². The number of imide groups is 1. The smallest absolute Gasteiger partial charge is 0.325 e. The fourth-order valence-electron chi connectivity index (χ4n) is 3.06. The zero-order valence-corrected chi connectivity index (χ0v) is 14.3. The maximum Gasteiger partial charge on any atom is 0.325 e. The van der Waals surface area contributed by atoms with Crippen molar-refractivity contribution >= 4 is 23.5 Å². The molecule has 8 heteroatoms. The summed E-state index contributed by atoms with van der Waals surface area (Å²) in [7, 11) is 0. The fourth-order valence-corrected chi connectivity index (χ4v) is 3.06. The largest absolute Gasteiger partial charge is 0.368 e. The molecule has 0 radical (unpaired) electrons. The molecule has 7 nitrogen and oxygen atoms in total. The van der Waals surface area contributed by atoms with Crippen LogP contribution in [0.2, 0.25) is 0 Å². The van der Waals surface area contributed by atoms with E-state index in [1.807, 2.05) is 0 Å². The Kier molecular flexibility index (Phi) is 4.36. The van der Waals surface area contributed by atoms with Crippen molar-refractivity contribution in [1.82, 2.24) is 15.1 Å². The van der Waals surface area contributed by atoms with E-state index in [1.165, 1.54) is 12.1 Å². The molecule has 3 rings (SSSR count). The summed E-state index contributed by atoms with van der Waals surface area (Å²) in [6.45, 7) is 5.18. The van der Waals surface area contributed by atoms with Gasteiger partial charge in [0, 0.05) is 31.9 Å². The minimum absolute atomic E-state index is 0.245. The molecule has 0 bridgehead atoms. The first-order chi connectivity index (χ1) is 11.8. The van der Waals surface area contributed by atoms with E-state index in [1.54, 1.807) is 30.9 Å². The number of piperazine rings is 1. The van der Waals surface area contributed by atoms with E-state index in [-0.39, 0.29) is 18.3 Å². The molecule has 0 unspecified atom stereocenters. The molecule has 2 fully saturated rings. The van der Waals surface area contributed by atoms with E-state index in [0.29, 0.717) is 26.2 Å². The number of carbonyl (C=O) groups excluding carboxylic acids is 3. The van der Waals surface area contributed by atoms with Gasteiger partial charge in [0.1, 0.15) is 17.9 Å². The number of hydrogen-bond donors (Lipinski definition) is 1. The Labute approximate surface area is 145 Å². The fraction of sp³-hybridized carbons (Fsp3) is 0.471. The molecule has 0 atom stereocenters. The first-order valence-corrected chi connectivity index (χ1v) is 8.20. The molecule has 2 saturated heterocycles. The zero-order chi connectivity index (χ0) is 18.2. The van der Waals surface area contributed by atoms with Crippen LogP contribution in [0.4, 0.5) is 14.9 Å². The second-order valence-corrected chi connectivity index (χ2v) is 6.79. The summed E-state index contributed by atoms with van der Waals surface area (Å²) in [4.78, 5) is 41.1. The first kappa shape index (κ1) is 17.2. The average molecular weight is 348 g/mol. The van der Waals surface area contributed by atoms with Crippen molar-refractivity contribution in [2.75, 3.05) is 37.6 Å². The SMILES string of the molecule is CC1(C)NC(=O)N(CC(=O)N2CCN(c3ccc(F)cc3)CC2)C1=O. The number of amides is 4. The van der Waals surface area contributed by atoms with Crippen LogP contribution in [0, 0.1) is 5.82 Å². The molecule has 0 spiro atoms. The van der Waals surface area contributed by atoms with Gasteiger partial charge in [0.15, 0.2) is 0 Å². The molecule has 1 N–H and O–H groups in total. The number of halogens is 1. The third-order valence-electron chi connectivity index (χ3n) is 4.56. The number of hydrogen-bond acceptors (Lipinski definition) is 4. The minimum Gasteiger partial charge on any atom is -0.368 e. The van der Waals surface area contributed by atoms with Gasteiger partial charge in [0.05, 0.1) is 0 Å². The summed E-state index contributed by atoms with van der Waals surface area (Å²) in [5.74, 6) is -0.926. The number of benzene rings is 1. The molecule has 2 aliphatic heterocycles. The van der Waals surface area contributed by atoms with Crippen LogP contribution in [0.1, 0.15) is 13.8 Å². The van der Waals surface area contributed by atoms with Crippen LogP contribution in [0.5, 0.6) is 0 Å². The molecule has 4 amide bonds. The van der Waals surface area contributed by atoms with E-state index in [0.717, 1.165) is 10.6 Å². The second kappa shape index (κ2) is 6.34. The van der Waals surface area contributed by atoms with Crippen LogP contribution in [0.3, 0.4) is 0 Å². The van der Waals surface area contributed by atoms with Gasteiger partial charge in [0.25, 0.3) is 5.91 Å². The quantitative estimate of drug-likeness (QED) is 0.821. The van der Waals surface area contributed by atoms with E-state index >= 15 is 0 Å². The Balaban J connectivity index is 1.56. The highest BCUT2D eigenvalue weighted by atomic mass is 19.1. The molecule has 2 aliphatic rings. The lowest BCUT2D eigenvalue weighted by molar-refractivity contribution is -0.138. The maximum atomic E-state index is 13.0. The second-order valence-electron chi connectivity index (χ2n) is 6.79. The van der Waals surface area contributed by atoms with Gasteiger partial charge in [-0.1, -0.05) is 0 Å². The van der Waals surface area contributed by atoms with Gasteiger partial charge in [-0.05, 0) is 38.1 Å². The Hall–Kier alpha value is -2.64. The van der Waals surface area contributed by atoms with Crippen molar-refractivity contribution in [2.24, 2.45) is 0 Å². The van der Waals surface area contributed by atoms with Crippen LogP contribution in [-0.2, 0) is 9.59 Å². The Morgan fingerprint density at radius 2 is 1.72 bits per heavy atom. The van der Waals surface area contributed by atoms with Crippen molar-refractivity contribution in [1.29, 1.82) is 0 Å². The minimum atomic E-state index is -0.974. The highest BCUT2D eigenvalue weighted by molar-refractivity contribution is 6.08. The van der Waals surface area contributed by atoms with Gasteiger partial charge in [0.2, 0.25) is 5.91 Å². The number of carbonyl (C=O) groups is 3. The molecule has 1 aromatic rings. The topological polar surface area (TPSA) is 73.0 Å². The normalized spacial score (nSPS) is 20.0. The van der Waals surface area contributed by atoms with Gasteiger partial charge in [-0.25, -0.2) is 9.18 Å². The maximum absolute atomic E-state index is 13.0. The Morgan fingerprint density at radius 1 is 1.12 bits per heavy atom. The van der Waals surface area contributed by atoms with E-state index in [2.05, 4.69) is 10.2 Å². The van der Waals surface area contributed by atoms with Crippen LogP contribution < -0.4 is 10.2 Å². The number of nitrogens with one attached hydrogen (secondary N) is 1. The summed E-state index contributed by atoms with van der Waals surface area (Å²) in [6.07, 6.45) is 0. The standard InChI is InChI=1S/C17H21FN4O3/c1-17(2)15(24)22(16(25)19-17)11-14(23)21-9-7-20(8-10-21)13-5-3-12(18)4-6-13/h3-6H,7-11H2,1-2H3,(H,19,25). The molecular formula is C17H21FN4O3. The van der Waals surface area contributed by atoms with Crippen molar-refractivity contribution in [3.8, 4) is 0 Å². The lowest BCUT2D eigenvalue weighted by Gasteiger charge is -2.36. The third-order valence-corrected chi connectivity index (χ3v) is 4.56. The van der Waals surface area contributed by atoms with E-state index < -0.39 is 17.5 Å². The summed E-state index contributed by atoms with van der Waals surface area (Å²) >= 11 is 0. The zero-order valence-electron chi connectivity index (χ0n) is 14.3. The highest BCUT2D eigenvalue weighted by Gasteiger charge is 2.45. The molecule has 134 valence electrons. The monoisotopic (exact) mass is 348 g/mol. The number of anilines is 1. The van der Waals surface area contributed by atoms with Crippen molar-refractivity contribution in [3.05, 3.63) is 30.1 Å². The molecular weight excluding hydrogens is 327 g/mol. The van der Waals surface area contributed by atoms with Gasteiger partial charge >= 0.3 is 6.03 Å². The van der Waals surface area contributed by atoms with Gasteiger partial charge in [-0.3, -0.25) is 14.5 Å². The lowest BCUT2D eigenvalue weighted by atomic mass is 10.1. The highest BCUT2D eigenvalue weighted by Crippen LogP contribution is 2.19. The first-order valence-electron chi connectivity index (χ1n) is 8.20. The summed E-state index contributed by atoms with van der Waals surface area (Å²) in [5, 5.41) is 2.56. The van der Waals surface area contributed by atoms with Crippen LogP contribution >= 0.6 is 0 Å². The predicted molar refractivity (Wildman–Crippen MR) is 89.5 cm³/mol. The van der Waals surface area contributed by atoms with Crippen LogP contribution in [0.25, 0.3) is 0 Å². The average Bonchev–Trinajstić information content (AvgIpc) is 2.77. The molecule has 2 heterocycles. The van der Waals surface area contributed by atoms with Gasteiger partial charge < -0.3 is 15.1 Å². The summed E-state index contributed by atoms with van der Waals surface area (Å²) in [6, 6.07) is 5.70. The Morgan fingerprint density at radius 3 is 2.24 bits per heavy atom. The van der Waals surface area contributed by atoms with Crippen molar-refractivity contribution in [3.63, 3.8) is 0 Å². The van der Waals surface area contributed by atoms with Crippen molar-refractivity contribution < 1.29 is 18.8 Å². The molecule has 0 aromatic heterocycles. The van der Waals surface area contributed by atoms with E-state index in [9.17, 15) is 18.8 Å². The van der Waals surface area contributed by atoms with E-state index in [4.69, 9.17) is 0 Å². The summed E-state index contributed by atoms with van der Waals surface area (Å²) in [5.41, 5.74) is -0.0668. The number of nitrogens with zero attached hydrogens (tertiary/aromatic N) is 3. The number of urea groups is 1. The lowest BCUT2D eigenvalue weighted by Crippen LogP contribution is -2.52. The third kappa shape index (κ3) is 3.42. The molecule has 0 saturated carbocycles. The van der Waals surface area contributed by atoms with Crippen LogP contribution in [-0.4, -0.2) is 65.9 Å². The molecule has 0 aliphatic carbocycles. The summed E-state index contributed by atoms with van der Waals surface area (Å²) < 4.78 is 13.0. The van der Waals surface area contributed by atoms with Crippen LogP contribution in [0.15, 0.2) is 24.3 Å². The van der Waals surface area contributed by atoms with Gasteiger partial charge in [-0.2, -0.15) is 0 Å². The Bertz CT molecular complexity index is 696.